The van der Waals surface area contributed by atoms with E-state index in [0.29, 0.717) is 17.6 Å². The molecule has 3 aromatic rings. The summed E-state index contributed by atoms with van der Waals surface area (Å²) in [6, 6.07) is 12.5. The molecule has 132 valence electrons. The summed E-state index contributed by atoms with van der Waals surface area (Å²) in [5, 5.41) is 2.31. The molecule has 2 heterocycles. The van der Waals surface area contributed by atoms with E-state index in [9.17, 15) is 14.4 Å². The molecule has 1 aliphatic heterocycles. The number of carbonyl (C=O) groups is 2. The van der Waals surface area contributed by atoms with Crippen LogP contribution in [0, 0.1) is 0 Å². The number of hydrogen-bond acceptors (Lipinski definition) is 4. The van der Waals surface area contributed by atoms with Gasteiger partial charge in [-0.05, 0) is 41.8 Å². The van der Waals surface area contributed by atoms with Crippen molar-refractivity contribution in [2.24, 2.45) is 7.05 Å². The van der Waals surface area contributed by atoms with Gasteiger partial charge in [-0.25, -0.2) is 4.79 Å². The predicted molar refractivity (Wildman–Crippen MR) is 98.4 cm³/mol. The molecule has 0 aliphatic carbocycles. The minimum atomic E-state index is -0.675. The van der Waals surface area contributed by atoms with Gasteiger partial charge in [-0.15, -0.1) is 0 Å². The predicted octanol–water partition coefficient (Wildman–Crippen LogP) is 1.57. The Morgan fingerprint density at radius 3 is 2.38 bits per heavy atom. The number of nitrogens with two attached hydrogens (primary N) is 1. The third-order valence-corrected chi connectivity index (χ3v) is 4.86. The Kier molecular flexibility index (Phi) is 3.64. The standard InChI is InChI=1S/C19H18N4O3/c1-22-16-10-12(11-2-5-13(20)6-3-11)4-7-14(16)23(19(22)26)15-8-9-17(24)21-18(15)25/h2-7,10,15H,8-9,20H2,1H3,(H,21,24,25). The minimum absolute atomic E-state index is 0.225. The number of nitrogens with zero attached hydrogens (tertiary/aromatic N) is 2. The average Bonchev–Trinajstić information content (AvgIpc) is 2.87. The molecule has 7 nitrogen and oxygen atoms in total. The summed E-state index contributed by atoms with van der Waals surface area (Å²) in [4.78, 5) is 36.4. The second-order valence-electron chi connectivity index (χ2n) is 6.50. The highest BCUT2D eigenvalue weighted by Crippen LogP contribution is 2.27. The number of anilines is 1. The summed E-state index contributed by atoms with van der Waals surface area (Å²) in [5.74, 6) is -0.733. The number of nitrogens with one attached hydrogen (secondary N) is 1. The number of piperidine rings is 1. The Labute approximate surface area is 149 Å². The van der Waals surface area contributed by atoms with Gasteiger partial charge in [0.2, 0.25) is 11.8 Å². The molecule has 3 N–H and O–H groups in total. The van der Waals surface area contributed by atoms with Crippen LogP contribution in [0.25, 0.3) is 22.2 Å². The highest BCUT2D eigenvalue weighted by Gasteiger charge is 2.31. The van der Waals surface area contributed by atoms with Crippen molar-refractivity contribution in [2.75, 3.05) is 5.73 Å². The topological polar surface area (TPSA) is 99.1 Å². The fourth-order valence-corrected chi connectivity index (χ4v) is 3.45. The van der Waals surface area contributed by atoms with Gasteiger partial charge >= 0.3 is 5.69 Å². The van der Waals surface area contributed by atoms with Crippen LogP contribution >= 0.6 is 0 Å². The number of imidazole rings is 1. The Morgan fingerprint density at radius 1 is 1.00 bits per heavy atom. The van der Waals surface area contributed by atoms with Crippen LogP contribution in [0.3, 0.4) is 0 Å². The Balaban J connectivity index is 1.85. The summed E-state index contributed by atoms with van der Waals surface area (Å²) >= 11 is 0. The van der Waals surface area contributed by atoms with Crippen molar-refractivity contribution in [1.82, 2.24) is 14.5 Å². The molecule has 1 aromatic heterocycles. The highest BCUT2D eigenvalue weighted by molar-refractivity contribution is 6.00. The molecular weight excluding hydrogens is 332 g/mol. The van der Waals surface area contributed by atoms with Crippen molar-refractivity contribution in [1.29, 1.82) is 0 Å². The van der Waals surface area contributed by atoms with Gasteiger partial charge in [0, 0.05) is 19.2 Å². The van der Waals surface area contributed by atoms with Gasteiger partial charge in [0.15, 0.2) is 0 Å². The number of nitrogen functional groups attached to an aromatic ring is 1. The molecule has 1 aliphatic rings. The lowest BCUT2D eigenvalue weighted by Gasteiger charge is -2.21. The molecule has 7 heteroatoms. The fourth-order valence-electron chi connectivity index (χ4n) is 3.45. The average molecular weight is 350 g/mol. The van der Waals surface area contributed by atoms with Crippen molar-refractivity contribution >= 4 is 28.5 Å². The molecular formula is C19H18N4O3. The van der Waals surface area contributed by atoms with Crippen LogP contribution in [0.1, 0.15) is 18.9 Å². The van der Waals surface area contributed by atoms with Gasteiger partial charge in [0.25, 0.3) is 0 Å². The number of fused-ring (bicyclic) bond motifs is 1. The number of aromatic nitrogens is 2. The van der Waals surface area contributed by atoms with Crippen molar-refractivity contribution in [3.8, 4) is 11.1 Å². The SMILES string of the molecule is Cn1c(=O)n(C2CCC(=O)NC2=O)c2ccc(-c3ccc(N)cc3)cc21. The van der Waals surface area contributed by atoms with E-state index in [-0.39, 0.29) is 18.0 Å². The van der Waals surface area contributed by atoms with E-state index in [1.165, 1.54) is 9.13 Å². The lowest BCUT2D eigenvalue weighted by Crippen LogP contribution is -2.44. The van der Waals surface area contributed by atoms with Crippen LogP contribution in [-0.4, -0.2) is 20.9 Å². The van der Waals surface area contributed by atoms with Gasteiger partial charge in [0.05, 0.1) is 11.0 Å². The molecule has 1 saturated heterocycles. The largest absolute Gasteiger partial charge is 0.399 e. The summed E-state index contributed by atoms with van der Waals surface area (Å²) in [5.41, 5.74) is 9.49. The number of aryl methyl sites for hydroxylation is 1. The van der Waals surface area contributed by atoms with Gasteiger partial charge in [0.1, 0.15) is 6.04 Å². The van der Waals surface area contributed by atoms with Gasteiger partial charge in [-0.3, -0.25) is 24.0 Å². The van der Waals surface area contributed by atoms with Crippen molar-refractivity contribution in [2.45, 2.75) is 18.9 Å². The smallest absolute Gasteiger partial charge is 0.329 e. The fraction of sp³-hybridized carbons (Fsp3) is 0.211. The van der Waals surface area contributed by atoms with Crippen LogP contribution in [0.4, 0.5) is 5.69 Å². The number of rotatable bonds is 2. The third-order valence-electron chi connectivity index (χ3n) is 4.86. The van der Waals surface area contributed by atoms with E-state index in [1.54, 1.807) is 7.05 Å². The number of carbonyl (C=O) groups excluding carboxylic acids is 2. The Morgan fingerprint density at radius 2 is 1.69 bits per heavy atom. The maximum absolute atomic E-state index is 12.8. The summed E-state index contributed by atoms with van der Waals surface area (Å²) in [6.07, 6.45) is 0.548. The van der Waals surface area contributed by atoms with E-state index < -0.39 is 11.9 Å². The van der Waals surface area contributed by atoms with Crippen LogP contribution in [0.15, 0.2) is 47.3 Å². The number of imide groups is 1. The van der Waals surface area contributed by atoms with Gasteiger partial charge in [-0.2, -0.15) is 0 Å². The molecule has 26 heavy (non-hydrogen) atoms. The maximum atomic E-state index is 12.8. The number of benzene rings is 2. The zero-order valence-corrected chi connectivity index (χ0v) is 14.2. The maximum Gasteiger partial charge on any atom is 0.329 e. The lowest BCUT2D eigenvalue weighted by atomic mass is 10.0. The normalized spacial score (nSPS) is 17.5. The molecule has 0 spiro atoms. The lowest BCUT2D eigenvalue weighted by molar-refractivity contribution is -0.135. The molecule has 2 amide bonds. The molecule has 2 aromatic carbocycles. The van der Waals surface area contributed by atoms with Crippen molar-refractivity contribution in [3.05, 3.63) is 52.9 Å². The highest BCUT2D eigenvalue weighted by atomic mass is 16.2. The molecule has 0 saturated carbocycles. The minimum Gasteiger partial charge on any atom is -0.399 e. The van der Waals surface area contributed by atoms with Crippen LogP contribution < -0.4 is 16.7 Å². The van der Waals surface area contributed by atoms with E-state index >= 15 is 0 Å². The zero-order valence-electron chi connectivity index (χ0n) is 14.2. The summed E-state index contributed by atoms with van der Waals surface area (Å²) in [7, 11) is 1.68. The van der Waals surface area contributed by atoms with E-state index in [1.807, 2.05) is 42.5 Å². The van der Waals surface area contributed by atoms with Gasteiger partial charge in [-0.1, -0.05) is 18.2 Å². The first-order chi connectivity index (χ1) is 12.5. The van der Waals surface area contributed by atoms with Crippen LogP contribution in [-0.2, 0) is 16.6 Å². The quantitative estimate of drug-likeness (QED) is 0.541. The first kappa shape index (κ1) is 16.1. The molecule has 0 radical (unpaired) electrons. The van der Waals surface area contributed by atoms with E-state index in [4.69, 9.17) is 5.73 Å². The summed E-state index contributed by atoms with van der Waals surface area (Å²) < 4.78 is 3.00. The van der Waals surface area contributed by atoms with Crippen molar-refractivity contribution in [3.63, 3.8) is 0 Å². The molecule has 0 bridgehead atoms. The number of hydrogen-bond donors (Lipinski definition) is 2. The monoisotopic (exact) mass is 350 g/mol. The summed E-state index contributed by atoms with van der Waals surface area (Å²) in [6.45, 7) is 0. The third kappa shape index (κ3) is 2.48. The Bertz CT molecular complexity index is 1090. The first-order valence-corrected chi connectivity index (χ1v) is 8.36. The second-order valence-corrected chi connectivity index (χ2v) is 6.50. The first-order valence-electron chi connectivity index (χ1n) is 8.36. The molecule has 1 atom stereocenters. The molecule has 4 rings (SSSR count). The molecule has 1 fully saturated rings. The number of amides is 2. The Hall–Kier alpha value is -3.35. The molecule has 1 unspecified atom stereocenters. The van der Waals surface area contributed by atoms with E-state index in [2.05, 4.69) is 5.32 Å². The van der Waals surface area contributed by atoms with Crippen LogP contribution in [0.5, 0.6) is 0 Å². The van der Waals surface area contributed by atoms with Crippen LogP contribution in [0.2, 0.25) is 0 Å². The van der Waals surface area contributed by atoms with E-state index in [0.717, 1.165) is 16.6 Å². The van der Waals surface area contributed by atoms with Crippen molar-refractivity contribution < 1.29 is 9.59 Å². The zero-order chi connectivity index (χ0) is 18.4. The second kappa shape index (κ2) is 5.87. The van der Waals surface area contributed by atoms with Gasteiger partial charge < -0.3 is 5.73 Å².